The summed E-state index contributed by atoms with van der Waals surface area (Å²) in [7, 11) is 0. The standard InChI is InChI=1S/C26H29F4N3O2/c27-22-11-5-18(6-12-22)17-31-24(34)23(19-3-1-2-4-19)32-13-15-33(16-14-32)25(35)20-7-9-21(10-8-20)26(28,29)30/h5-12,19,23H,1-4,13-17H2,(H,31,34)/t23-/m1/s1. The van der Waals surface area contributed by atoms with Gasteiger partial charge in [-0.2, -0.15) is 13.2 Å². The molecule has 9 heteroatoms. The van der Waals surface area contributed by atoms with Gasteiger partial charge in [-0.25, -0.2) is 4.39 Å². The lowest BCUT2D eigenvalue weighted by Crippen LogP contribution is -2.57. The molecule has 2 aliphatic rings. The van der Waals surface area contributed by atoms with Gasteiger partial charge >= 0.3 is 6.18 Å². The summed E-state index contributed by atoms with van der Waals surface area (Å²) in [6, 6.07) is 9.98. The second kappa shape index (κ2) is 10.8. The quantitative estimate of drug-likeness (QED) is 0.607. The van der Waals surface area contributed by atoms with Crippen molar-refractivity contribution in [3.63, 3.8) is 0 Å². The Bertz CT molecular complexity index is 1010. The summed E-state index contributed by atoms with van der Waals surface area (Å²) in [5.41, 5.74) is 0.248. The van der Waals surface area contributed by atoms with Gasteiger partial charge in [-0.3, -0.25) is 14.5 Å². The summed E-state index contributed by atoms with van der Waals surface area (Å²) in [5.74, 6) is -0.465. The lowest BCUT2D eigenvalue weighted by atomic mass is 9.94. The van der Waals surface area contributed by atoms with Gasteiger partial charge in [0.05, 0.1) is 11.6 Å². The van der Waals surface area contributed by atoms with E-state index in [0.717, 1.165) is 43.4 Å². The van der Waals surface area contributed by atoms with Crippen LogP contribution in [-0.2, 0) is 17.5 Å². The van der Waals surface area contributed by atoms with Crippen LogP contribution in [0.1, 0.15) is 47.2 Å². The second-order valence-electron chi connectivity index (χ2n) is 9.24. The molecular formula is C26H29F4N3O2. The van der Waals surface area contributed by atoms with E-state index in [1.54, 1.807) is 17.0 Å². The van der Waals surface area contributed by atoms with Crippen molar-refractivity contribution in [1.29, 1.82) is 0 Å². The predicted octanol–water partition coefficient (Wildman–Crippen LogP) is 4.48. The van der Waals surface area contributed by atoms with E-state index in [4.69, 9.17) is 0 Å². The first-order chi connectivity index (χ1) is 16.7. The molecule has 1 heterocycles. The maximum atomic E-state index is 13.2. The zero-order valence-electron chi connectivity index (χ0n) is 19.4. The number of hydrogen-bond acceptors (Lipinski definition) is 3. The van der Waals surface area contributed by atoms with Gasteiger partial charge in [0, 0.05) is 38.3 Å². The van der Waals surface area contributed by atoms with Gasteiger partial charge in [0.25, 0.3) is 5.91 Å². The van der Waals surface area contributed by atoms with Crippen LogP contribution >= 0.6 is 0 Å². The van der Waals surface area contributed by atoms with Crippen molar-refractivity contribution < 1.29 is 27.2 Å². The first kappa shape index (κ1) is 25.2. The van der Waals surface area contributed by atoms with Crippen LogP contribution in [0.4, 0.5) is 17.6 Å². The molecule has 2 fully saturated rings. The Morgan fingerprint density at radius 3 is 2.09 bits per heavy atom. The molecule has 0 unspecified atom stereocenters. The van der Waals surface area contributed by atoms with E-state index in [-0.39, 0.29) is 35.2 Å². The molecule has 5 nitrogen and oxygen atoms in total. The van der Waals surface area contributed by atoms with Crippen molar-refractivity contribution in [3.05, 3.63) is 71.0 Å². The van der Waals surface area contributed by atoms with Crippen LogP contribution in [0.25, 0.3) is 0 Å². The van der Waals surface area contributed by atoms with Crippen LogP contribution in [0.2, 0.25) is 0 Å². The van der Waals surface area contributed by atoms with E-state index in [1.165, 1.54) is 24.3 Å². The number of benzene rings is 2. The van der Waals surface area contributed by atoms with E-state index in [9.17, 15) is 27.2 Å². The van der Waals surface area contributed by atoms with Crippen molar-refractivity contribution in [2.45, 2.75) is 44.4 Å². The highest BCUT2D eigenvalue weighted by atomic mass is 19.4. The fourth-order valence-electron chi connectivity index (χ4n) is 5.03. The SMILES string of the molecule is O=C(NCc1ccc(F)cc1)[C@@H](C1CCCC1)N1CCN(C(=O)c2ccc(C(F)(F)F)cc2)CC1. The molecule has 1 atom stereocenters. The van der Waals surface area contributed by atoms with Gasteiger partial charge in [-0.1, -0.05) is 25.0 Å². The monoisotopic (exact) mass is 491 g/mol. The van der Waals surface area contributed by atoms with Crippen LogP contribution in [0, 0.1) is 11.7 Å². The molecule has 0 aromatic heterocycles. The number of hydrogen-bond donors (Lipinski definition) is 1. The molecule has 1 saturated carbocycles. The van der Waals surface area contributed by atoms with E-state index < -0.39 is 11.7 Å². The first-order valence-electron chi connectivity index (χ1n) is 11.9. The Morgan fingerprint density at radius 2 is 1.51 bits per heavy atom. The first-order valence-corrected chi connectivity index (χ1v) is 11.9. The van der Waals surface area contributed by atoms with E-state index >= 15 is 0 Å². The number of rotatable bonds is 6. The van der Waals surface area contributed by atoms with Crippen molar-refractivity contribution in [3.8, 4) is 0 Å². The van der Waals surface area contributed by atoms with Crippen molar-refractivity contribution in [2.75, 3.05) is 26.2 Å². The number of halogens is 4. The molecule has 1 aliphatic heterocycles. The predicted molar refractivity (Wildman–Crippen MR) is 123 cm³/mol. The average molecular weight is 492 g/mol. The minimum absolute atomic E-state index is 0.0660. The lowest BCUT2D eigenvalue weighted by molar-refractivity contribution is -0.137. The zero-order valence-corrected chi connectivity index (χ0v) is 19.4. The van der Waals surface area contributed by atoms with E-state index in [2.05, 4.69) is 10.2 Å². The number of piperazine rings is 1. The van der Waals surface area contributed by atoms with Gasteiger partial charge in [0.2, 0.25) is 5.91 Å². The van der Waals surface area contributed by atoms with Crippen LogP contribution in [0.15, 0.2) is 48.5 Å². The number of carbonyl (C=O) groups excluding carboxylic acids is 2. The molecule has 2 aromatic rings. The number of amides is 2. The molecule has 0 bridgehead atoms. The van der Waals surface area contributed by atoms with Crippen LogP contribution in [0.5, 0.6) is 0 Å². The molecule has 0 radical (unpaired) electrons. The molecular weight excluding hydrogens is 462 g/mol. The summed E-state index contributed by atoms with van der Waals surface area (Å²) in [6.07, 6.45) is -0.337. The van der Waals surface area contributed by atoms with Gasteiger partial charge in [0.1, 0.15) is 5.82 Å². The summed E-state index contributed by atoms with van der Waals surface area (Å²) in [6.45, 7) is 2.13. The van der Waals surface area contributed by atoms with E-state index in [0.29, 0.717) is 32.7 Å². The van der Waals surface area contributed by atoms with Crippen LogP contribution < -0.4 is 5.32 Å². The minimum atomic E-state index is -4.44. The maximum absolute atomic E-state index is 13.2. The topological polar surface area (TPSA) is 52.7 Å². The van der Waals surface area contributed by atoms with E-state index in [1.807, 2.05) is 0 Å². The van der Waals surface area contributed by atoms with Gasteiger partial charge in [-0.05, 0) is 60.7 Å². The van der Waals surface area contributed by atoms with Crippen molar-refractivity contribution in [2.24, 2.45) is 5.92 Å². The molecule has 1 N–H and O–H groups in total. The van der Waals surface area contributed by atoms with Gasteiger partial charge < -0.3 is 10.2 Å². The number of nitrogens with one attached hydrogen (secondary N) is 1. The Labute approximate surface area is 202 Å². The number of carbonyl (C=O) groups is 2. The molecule has 35 heavy (non-hydrogen) atoms. The van der Waals surface area contributed by atoms with Gasteiger partial charge in [-0.15, -0.1) is 0 Å². The normalized spacial score (nSPS) is 18.5. The molecule has 188 valence electrons. The largest absolute Gasteiger partial charge is 0.416 e. The maximum Gasteiger partial charge on any atom is 0.416 e. The average Bonchev–Trinajstić information content (AvgIpc) is 3.38. The smallest absolute Gasteiger partial charge is 0.351 e. The summed E-state index contributed by atoms with van der Waals surface area (Å²) in [5, 5.41) is 2.99. The number of alkyl halides is 3. The molecule has 0 spiro atoms. The Kier molecular flexibility index (Phi) is 7.74. The molecule has 4 rings (SSSR count). The fraction of sp³-hybridized carbons (Fsp3) is 0.462. The van der Waals surface area contributed by atoms with Gasteiger partial charge in [0.15, 0.2) is 0 Å². The summed E-state index contributed by atoms with van der Waals surface area (Å²) < 4.78 is 51.6. The third kappa shape index (κ3) is 6.20. The van der Waals surface area contributed by atoms with Crippen LogP contribution in [0.3, 0.4) is 0 Å². The Balaban J connectivity index is 1.37. The molecule has 1 aliphatic carbocycles. The third-order valence-corrected chi connectivity index (χ3v) is 6.95. The highest BCUT2D eigenvalue weighted by Gasteiger charge is 2.37. The van der Waals surface area contributed by atoms with Crippen molar-refractivity contribution in [1.82, 2.24) is 15.1 Å². The lowest BCUT2D eigenvalue weighted by Gasteiger charge is -2.40. The Morgan fingerprint density at radius 1 is 0.914 bits per heavy atom. The Hall–Kier alpha value is -2.94. The highest BCUT2D eigenvalue weighted by Crippen LogP contribution is 2.32. The summed E-state index contributed by atoms with van der Waals surface area (Å²) >= 11 is 0. The van der Waals surface area contributed by atoms with Crippen LogP contribution in [-0.4, -0.2) is 53.8 Å². The molecule has 2 aromatic carbocycles. The number of nitrogens with zero attached hydrogens (tertiary/aromatic N) is 2. The molecule has 2 amide bonds. The zero-order chi connectivity index (χ0) is 25.0. The highest BCUT2D eigenvalue weighted by molar-refractivity contribution is 5.94. The fourth-order valence-corrected chi connectivity index (χ4v) is 5.03. The summed E-state index contributed by atoms with van der Waals surface area (Å²) in [4.78, 5) is 29.8. The van der Waals surface area contributed by atoms with Crippen molar-refractivity contribution >= 4 is 11.8 Å². The minimum Gasteiger partial charge on any atom is -0.351 e. The third-order valence-electron chi connectivity index (χ3n) is 6.95. The molecule has 1 saturated heterocycles. The second-order valence-corrected chi connectivity index (χ2v) is 9.24.